The minimum atomic E-state index is -0.712. The van der Waals surface area contributed by atoms with Crippen molar-refractivity contribution in [1.82, 2.24) is 16.0 Å². The predicted octanol–water partition coefficient (Wildman–Crippen LogP) is 2.19. The van der Waals surface area contributed by atoms with Gasteiger partial charge in [-0.3, -0.25) is 14.4 Å². The molecule has 0 heterocycles. The van der Waals surface area contributed by atoms with Gasteiger partial charge in [-0.1, -0.05) is 74.5 Å². The van der Waals surface area contributed by atoms with Gasteiger partial charge < -0.3 is 16.0 Å². The summed E-state index contributed by atoms with van der Waals surface area (Å²) in [5.41, 5.74) is 1.86. The number of hydrogen-bond acceptors (Lipinski definition) is 3. The van der Waals surface area contributed by atoms with Gasteiger partial charge in [0, 0.05) is 6.54 Å². The van der Waals surface area contributed by atoms with Crippen molar-refractivity contribution in [3.05, 3.63) is 71.8 Å². The molecule has 2 rings (SSSR count). The molecule has 2 aromatic rings. The van der Waals surface area contributed by atoms with E-state index in [1.165, 1.54) is 0 Å². The number of hydrogen-bond donors (Lipinski definition) is 3. The molecule has 29 heavy (non-hydrogen) atoms. The molecule has 3 N–H and O–H groups in total. The van der Waals surface area contributed by atoms with Crippen LogP contribution in [0.1, 0.15) is 31.9 Å². The Morgan fingerprint density at radius 1 is 0.759 bits per heavy atom. The molecule has 0 bridgehead atoms. The molecule has 3 amide bonds. The largest absolute Gasteiger partial charge is 0.350 e. The highest BCUT2D eigenvalue weighted by molar-refractivity contribution is 5.92. The molecule has 2 unspecified atom stereocenters. The molecule has 0 saturated heterocycles. The summed E-state index contributed by atoms with van der Waals surface area (Å²) in [6.07, 6.45) is 0.199. The Bertz CT molecular complexity index is 807. The fourth-order valence-electron chi connectivity index (χ4n) is 2.85. The van der Waals surface area contributed by atoms with E-state index in [9.17, 15) is 14.4 Å². The summed E-state index contributed by atoms with van der Waals surface area (Å²) < 4.78 is 0. The summed E-state index contributed by atoms with van der Waals surface area (Å²) in [4.78, 5) is 37.3. The fraction of sp³-hybridized carbons (Fsp3) is 0.348. The number of rotatable bonds is 9. The van der Waals surface area contributed by atoms with E-state index in [0.717, 1.165) is 11.1 Å². The fourth-order valence-corrected chi connectivity index (χ4v) is 2.85. The van der Waals surface area contributed by atoms with Gasteiger partial charge in [0.2, 0.25) is 17.7 Å². The first-order valence-corrected chi connectivity index (χ1v) is 9.82. The minimum Gasteiger partial charge on any atom is -0.350 e. The van der Waals surface area contributed by atoms with Crippen LogP contribution in [0.2, 0.25) is 0 Å². The average molecular weight is 396 g/mol. The van der Waals surface area contributed by atoms with Gasteiger partial charge in [0.25, 0.3) is 0 Å². The van der Waals surface area contributed by atoms with Crippen LogP contribution in [0.15, 0.2) is 60.7 Å². The van der Waals surface area contributed by atoms with Crippen LogP contribution in [0, 0.1) is 5.92 Å². The van der Waals surface area contributed by atoms with Gasteiger partial charge >= 0.3 is 0 Å². The quantitative estimate of drug-likeness (QED) is 0.608. The molecule has 0 saturated carbocycles. The van der Waals surface area contributed by atoms with Crippen molar-refractivity contribution in [2.45, 2.75) is 45.8 Å². The van der Waals surface area contributed by atoms with Crippen molar-refractivity contribution in [2.75, 3.05) is 0 Å². The third-order valence-corrected chi connectivity index (χ3v) is 4.53. The topological polar surface area (TPSA) is 87.3 Å². The highest BCUT2D eigenvalue weighted by Gasteiger charge is 2.26. The van der Waals surface area contributed by atoms with E-state index in [1.807, 2.05) is 74.5 Å². The van der Waals surface area contributed by atoms with E-state index in [2.05, 4.69) is 16.0 Å². The van der Waals surface area contributed by atoms with Gasteiger partial charge in [0.05, 0.1) is 6.42 Å². The van der Waals surface area contributed by atoms with Crippen LogP contribution in [0.4, 0.5) is 0 Å². The van der Waals surface area contributed by atoms with Gasteiger partial charge in [-0.05, 0) is 24.0 Å². The number of nitrogens with one attached hydrogen (secondary N) is 3. The lowest BCUT2D eigenvalue weighted by Gasteiger charge is -2.24. The summed E-state index contributed by atoms with van der Waals surface area (Å²) >= 11 is 0. The molecule has 2 aromatic carbocycles. The zero-order chi connectivity index (χ0) is 21.2. The first-order chi connectivity index (χ1) is 13.9. The summed E-state index contributed by atoms with van der Waals surface area (Å²) in [5.74, 6) is -0.996. The molecule has 0 radical (unpaired) electrons. The Labute approximate surface area is 172 Å². The normalized spacial score (nSPS) is 12.7. The van der Waals surface area contributed by atoms with E-state index in [1.54, 1.807) is 6.92 Å². The monoisotopic (exact) mass is 395 g/mol. The lowest BCUT2D eigenvalue weighted by molar-refractivity contribution is -0.132. The first-order valence-electron chi connectivity index (χ1n) is 9.82. The average Bonchev–Trinajstić information content (AvgIpc) is 2.71. The van der Waals surface area contributed by atoms with Crippen molar-refractivity contribution in [1.29, 1.82) is 0 Å². The summed E-state index contributed by atoms with van der Waals surface area (Å²) in [5, 5.41) is 8.29. The SMILES string of the molecule is CC(NC(=O)C(NC(=O)Cc1ccccc1)C(C)C)C(=O)NCc1ccccc1. The molecular weight excluding hydrogens is 366 g/mol. The molecule has 154 valence electrons. The van der Waals surface area contributed by atoms with Crippen LogP contribution in [-0.2, 0) is 27.3 Å². The molecule has 0 aromatic heterocycles. The summed E-state index contributed by atoms with van der Waals surface area (Å²) in [6, 6.07) is 17.5. The van der Waals surface area contributed by atoms with Crippen LogP contribution >= 0.6 is 0 Å². The second kappa shape index (κ2) is 11.0. The Kier molecular flexibility index (Phi) is 8.40. The molecular formula is C23H29N3O3. The van der Waals surface area contributed by atoms with E-state index in [4.69, 9.17) is 0 Å². The maximum Gasteiger partial charge on any atom is 0.243 e. The molecule has 6 nitrogen and oxygen atoms in total. The molecule has 0 aliphatic rings. The lowest BCUT2D eigenvalue weighted by atomic mass is 10.0. The number of carbonyl (C=O) groups excluding carboxylic acids is 3. The van der Waals surface area contributed by atoms with Crippen LogP contribution in [0.5, 0.6) is 0 Å². The van der Waals surface area contributed by atoms with E-state index in [0.29, 0.717) is 6.54 Å². The van der Waals surface area contributed by atoms with E-state index >= 15 is 0 Å². The van der Waals surface area contributed by atoms with Crippen LogP contribution in [-0.4, -0.2) is 29.8 Å². The maximum atomic E-state index is 12.7. The Morgan fingerprint density at radius 2 is 1.31 bits per heavy atom. The van der Waals surface area contributed by atoms with Crippen molar-refractivity contribution in [3.8, 4) is 0 Å². The van der Waals surface area contributed by atoms with Crippen LogP contribution in [0.3, 0.4) is 0 Å². The van der Waals surface area contributed by atoms with Gasteiger partial charge in [0.1, 0.15) is 12.1 Å². The predicted molar refractivity (Wildman–Crippen MR) is 113 cm³/mol. The van der Waals surface area contributed by atoms with Crippen LogP contribution in [0.25, 0.3) is 0 Å². The van der Waals surface area contributed by atoms with Crippen molar-refractivity contribution in [2.24, 2.45) is 5.92 Å². The zero-order valence-corrected chi connectivity index (χ0v) is 17.1. The van der Waals surface area contributed by atoms with Crippen molar-refractivity contribution >= 4 is 17.7 Å². The maximum absolute atomic E-state index is 12.7. The highest BCUT2D eigenvalue weighted by Crippen LogP contribution is 2.05. The van der Waals surface area contributed by atoms with Crippen LogP contribution < -0.4 is 16.0 Å². The molecule has 0 spiro atoms. The number of amides is 3. The summed E-state index contributed by atoms with van der Waals surface area (Å²) in [6.45, 7) is 5.73. The molecule has 2 atom stereocenters. The first kappa shape index (κ1) is 22.1. The Morgan fingerprint density at radius 3 is 1.86 bits per heavy atom. The van der Waals surface area contributed by atoms with Gasteiger partial charge in [-0.15, -0.1) is 0 Å². The number of benzene rings is 2. The molecule has 0 aliphatic carbocycles. The van der Waals surface area contributed by atoms with Crippen molar-refractivity contribution < 1.29 is 14.4 Å². The second-order valence-electron chi connectivity index (χ2n) is 7.39. The van der Waals surface area contributed by atoms with E-state index < -0.39 is 12.1 Å². The molecule has 0 aliphatic heterocycles. The van der Waals surface area contributed by atoms with E-state index in [-0.39, 0.29) is 30.1 Å². The van der Waals surface area contributed by atoms with Gasteiger partial charge in [0.15, 0.2) is 0 Å². The van der Waals surface area contributed by atoms with Gasteiger partial charge in [-0.25, -0.2) is 0 Å². The minimum absolute atomic E-state index is 0.116. The standard InChI is InChI=1S/C23H29N3O3/c1-16(2)21(26-20(27)14-18-10-6-4-7-11-18)23(29)25-17(3)22(28)24-15-19-12-8-5-9-13-19/h4-13,16-17,21H,14-15H2,1-3H3,(H,24,28)(H,25,29)(H,26,27). The molecule has 0 fully saturated rings. The third kappa shape index (κ3) is 7.41. The van der Waals surface area contributed by atoms with Gasteiger partial charge in [-0.2, -0.15) is 0 Å². The Balaban J connectivity index is 1.87. The number of carbonyl (C=O) groups is 3. The second-order valence-corrected chi connectivity index (χ2v) is 7.39. The van der Waals surface area contributed by atoms with Crippen molar-refractivity contribution in [3.63, 3.8) is 0 Å². The Hall–Kier alpha value is -3.15. The third-order valence-electron chi connectivity index (χ3n) is 4.53. The smallest absolute Gasteiger partial charge is 0.243 e. The highest BCUT2D eigenvalue weighted by atomic mass is 16.2. The molecule has 6 heteroatoms. The zero-order valence-electron chi connectivity index (χ0n) is 17.1. The lowest BCUT2D eigenvalue weighted by Crippen LogP contribution is -2.54. The summed E-state index contributed by atoms with van der Waals surface area (Å²) in [7, 11) is 0.